The van der Waals surface area contributed by atoms with Crippen LogP contribution in [0.15, 0.2) is 71.5 Å². The lowest BCUT2D eigenvalue weighted by Crippen LogP contribution is -2.59. The van der Waals surface area contributed by atoms with Gasteiger partial charge in [0.05, 0.1) is 49.9 Å². The second-order valence-corrected chi connectivity index (χ2v) is 13.9. The average molecular weight is 746 g/mol. The summed E-state index contributed by atoms with van der Waals surface area (Å²) in [5, 5.41) is 5.03. The van der Waals surface area contributed by atoms with Crippen LogP contribution in [0.3, 0.4) is 0 Å². The molecule has 15 heteroatoms. The molecule has 2 atom stereocenters. The van der Waals surface area contributed by atoms with Gasteiger partial charge in [-0.2, -0.15) is 0 Å². The van der Waals surface area contributed by atoms with Gasteiger partial charge in [-0.15, -0.1) is 0 Å². The van der Waals surface area contributed by atoms with Crippen LogP contribution < -0.4 is 30.3 Å². The van der Waals surface area contributed by atoms with Gasteiger partial charge in [-0.3, -0.25) is 19.4 Å². The second kappa shape index (κ2) is 16.4. The standard InChI is InChI=1S/C39H48FN7O7/c1-9-31(43(6)38(51)54-39(3,4)5)36(49)44-20-22-45(23-21-44)47-34(42-30-13-11-10-12-29(30)35(47)48)25(2)46(32-19-18-28(52-7)24-33(32)53-8)37(50)41-27-16-14-26(40)15-17-27/h10-19,24-25,31H,9,20-23H2,1-8H3,(H,41,50)/t25?,31-/m0/s1. The molecule has 0 bridgehead atoms. The molecule has 3 aromatic carbocycles. The molecule has 0 radical (unpaired) electrons. The van der Waals surface area contributed by atoms with Crippen molar-refractivity contribution in [3.05, 3.63) is 88.7 Å². The first-order chi connectivity index (χ1) is 25.7. The number of urea groups is 1. The van der Waals surface area contributed by atoms with Gasteiger partial charge in [0, 0.05) is 31.9 Å². The van der Waals surface area contributed by atoms with Crippen molar-refractivity contribution in [2.45, 2.75) is 58.7 Å². The molecular weight excluding hydrogens is 697 g/mol. The monoisotopic (exact) mass is 745 g/mol. The number of hydrogen-bond donors (Lipinski definition) is 1. The fourth-order valence-electron chi connectivity index (χ4n) is 6.40. The molecule has 1 unspecified atom stereocenters. The van der Waals surface area contributed by atoms with Crippen molar-refractivity contribution >= 4 is 40.3 Å². The minimum absolute atomic E-state index is 0.224. The lowest BCUT2D eigenvalue weighted by Gasteiger charge is -2.41. The molecular formula is C39H48FN7O7. The lowest BCUT2D eigenvalue weighted by atomic mass is 10.1. The molecule has 0 saturated carbocycles. The molecule has 0 spiro atoms. The summed E-state index contributed by atoms with van der Waals surface area (Å²) in [6.45, 7) is 9.91. The van der Waals surface area contributed by atoms with Gasteiger partial charge in [0.15, 0.2) is 5.82 Å². The highest BCUT2D eigenvalue weighted by molar-refractivity contribution is 6.03. The van der Waals surface area contributed by atoms with E-state index in [1.165, 1.54) is 53.0 Å². The van der Waals surface area contributed by atoms with E-state index in [9.17, 15) is 23.6 Å². The number of fused-ring (bicyclic) bond motifs is 1. The predicted molar refractivity (Wildman–Crippen MR) is 204 cm³/mol. The third-order valence-corrected chi connectivity index (χ3v) is 9.17. The maximum absolute atomic E-state index is 14.4. The van der Waals surface area contributed by atoms with Gasteiger partial charge in [-0.05, 0) is 82.6 Å². The molecule has 54 heavy (non-hydrogen) atoms. The SMILES string of the molecule is CC[C@@H](C(=O)N1CCN(n2c(C(C)N(C(=O)Nc3ccc(F)cc3)c3ccc(OC)cc3OC)nc3ccccc3c2=O)CC1)N(C)C(=O)OC(C)(C)C. The fraction of sp³-hybridized carbons (Fsp3) is 0.410. The Hall–Kier alpha value is -5.86. The van der Waals surface area contributed by atoms with E-state index in [0.29, 0.717) is 40.2 Å². The number of hydrogen-bond acceptors (Lipinski definition) is 9. The zero-order valence-corrected chi connectivity index (χ0v) is 32.0. The highest BCUT2D eigenvalue weighted by Gasteiger charge is 2.36. The quantitative estimate of drug-likeness (QED) is 0.214. The van der Waals surface area contributed by atoms with Gasteiger partial charge in [-0.1, -0.05) is 19.1 Å². The van der Waals surface area contributed by atoms with E-state index in [-0.39, 0.29) is 43.5 Å². The normalized spacial score (nSPS) is 14.2. The molecule has 4 amide bonds. The molecule has 1 fully saturated rings. The van der Waals surface area contributed by atoms with Crippen LogP contribution in [0.1, 0.15) is 52.9 Å². The molecule has 1 aliphatic heterocycles. The first-order valence-electron chi connectivity index (χ1n) is 17.8. The number of amides is 4. The van der Waals surface area contributed by atoms with Gasteiger partial charge < -0.3 is 29.4 Å². The minimum atomic E-state index is -0.892. The number of ether oxygens (including phenoxy) is 3. The average Bonchev–Trinajstić information content (AvgIpc) is 3.15. The van der Waals surface area contributed by atoms with E-state index in [4.69, 9.17) is 19.2 Å². The van der Waals surface area contributed by atoms with Crippen LogP contribution in [0.25, 0.3) is 10.9 Å². The van der Waals surface area contributed by atoms with Crippen molar-refractivity contribution in [1.82, 2.24) is 19.5 Å². The number of benzene rings is 3. The summed E-state index contributed by atoms with van der Waals surface area (Å²) in [7, 11) is 4.54. The molecule has 4 aromatic rings. The number of rotatable bonds is 10. The summed E-state index contributed by atoms with van der Waals surface area (Å²) in [6.07, 6.45) is -0.204. The second-order valence-electron chi connectivity index (χ2n) is 13.9. The van der Waals surface area contributed by atoms with Gasteiger partial charge >= 0.3 is 12.1 Å². The van der Waals surface area contributed by atoms with Crippen molar-refractivity contribution in [2.24, 2.45) is 0 Å². The van der Waals surface area contributed by atoms with Crippen molar-refractivity contribution in [3.63, 3.8) is 0 Å². The Balaban J connectivity index is 1.52. The van der Waals surface area contributed by atoms with Crippen LogP contribution in [-0.2, 0) is 9.53 Å². The number of carbonyl (C=O) groups excluding carboxylic acids is 3. The Labute approximate surface area is 314 Å². The number of nitrogens with zero attached hydrogens (tertiary/aromatic N) is 6. The first-order valence-corrected chi connectivity index (χ1v) is 17.8. The molecule has 14 nitrogen and oxygen atoms in total. The molecule has 5 rings (SSSR count). The third kappa shape index (κ3) is 8.50. The Bertz CT molecular complexity index is 2040. The largest absolute Gasteiger partial charge is 0.497 e. The van der Waals surface area contributed by atoms with E-state index in [0.717, 1.165) is 0 Å². The van der Waals surface area contributed by atoms with E-state index in [2.05, 4.69) is 5.32 Å². The van der Waals surface area contributed by atoms with Crippen molar-refractivity contribution in [1.29, 1.82) is 0 Å². The highest BCUT2D eigenvalue weighted by atomic mass is 19.1. The topological polar surface area (TPSA) is 139 Å². The number of carbonyl (C=O) groups is 3. The third-order valence-electron chi connectivity index (χ3n) is 9.17. The minimum Gasteiger partial charge on any atom is -0.497 e. The van der Waals surface area contributed by atoms with Crippen LogP contribution in [0.4, 0.5) is 25.4 Å². The van der Waals surface area contributed by atoms with Crippen molar-refractivity contribution in [2.75, 3.05) is 62.7 Å². The molecule has 1 N–H and O–H groups in total. The van der Waals surface area contributed by atoms with Crippen LogP contribution >= 0.6 is 0 Å². The lowest BCUT2D eigenvalue weighted by molar-refractivity contribution is -0.137. The van der Waals surface area contributed by atoms with Crippen LogP contribution in [-0.4, -0.2) is 96.6 Å². The number of halogens is 1. The van der Waals surface area contributed by atoms with Crippen LogP contribution in [0.5, 0.6) is 11.5 Å². The summed E-state index contributed by atoms with van der Waals surface area (Å²) < 4.78 is 31.9. The molecule has 288 valence electrons. The maximum atomic E-state index is 14.4. The Morgan fingerprint density at radius 3 is 2.24 bits per heavy atom. The Kier molecular flexibility index (Phi) is 12.0. The maximum Gasteiger partial charge on any atom is 0.410 e. The van der Waals surface area contributed by atoms with E-state index >= 15 is 0 Å². The van der Waals surface area contributed by atoms with Gasteiger partial charge in [0.25, 0.3) is 5.56 Å². The molecule has 1 saturated heterocycles. The summed E-state index contributed by atoms with van der Waals surface area (Å²) in [4.78, 5) is 64.7. The zero-order chi connectivity index (χ0) is 39.3. The molecule has 0 aliphatic carbocycles. The van der Waals surface area contributed by atoms with Crippen LogP contribution in [0.2, 0.25) is 0 Å². The summed E-state index contributed by atoms with van der Waals surface area (Å²) in [5.74, 6) is 0.388. The Morgan fingerprint density at radius 2 is 1.63 bits per heavy atom. The van der Waals surface area contributed by atoms with E-state index < -0.39 is 35.6 Å². The van der Waals surface area contributed by atoms with E-state index in [1.807, 2.05) is 11.9 Å². The number of nitrogens with one attached hydrogen (secondary N) is 1. The summed E-state index contributed by atoms with van der Waals surface area (Å²) in [6, 6.07) is 15.1. The molecule has 1 aliphatic rings. The van der Waals surface area contributed by atoms with Gasteiger partial charge in [0.1, 0.15) is 29.0 Å². The van der Waals surface area contributed by atoms with Gasteiger partial charge in [-0.25, -0.2) is 23.6 Å². The van der Waals surface area contributed by atoms with Crippen molar-refractivity contribution < 1.29 is 33.0 Å². The predicted octanol–water partition coefficient (Wildman–Crippen LogP) is 5.78. The number of para-hydroxylation sites is 1. The number of anilines is 2. The fourth-order valence-corrected chi connectivity index (χ4v) is 6.40. The number of methoxy groups -OCH3 is 2. The Morgan fingerprint density at radius 1 is 0.963 bits per heavy atom. The van der Waals surface area contributed by atoms with E-state index in [1.54, 1.807) is 82.1 Å². The summed E-state index contributed by atoms with van der Waals surface area (Å²) in [5.41, 5.74) is 0.0714. The number of aromatic nitrogens is 2. The zero-order valence-electron chi connectivity index (χ0n) is 32.0. The highest BCUT2D eigenvalue weighted by Crippen LogP contribution is 2.37. The molecule has 2 heterocycles. The van der Waals surface area contributed by atoms with Crippen LogP contribution in [0, 0.1) is 5.82 Å². The smallest absolute Gasteiger partial charge is 0.410 e. The van der Waals surface area contributed by atoms with Gasteiger partial charge in [0.2, 0.25) is 5.91 Å². The summed E-state index contributed by atoms with van der Waals surface area (Å²) >= 11 is 0. The number of likely N-dealkylation sites (N-methyl/N-ethyl adjacent to an activating group) is 1. The number of piperazine rings is 1. The first kappa shape index (κ1) is 39.3. The van der Waals surface area contributed by atoms with Crippen molar-refractivity contribution in [3.8, 4) is 11.5 Å². The molecule has 1 aromatic heterocycles.